The molecule has 0 aliphatic rings. The maximum atomic E-state index is 12.0. The van der Waals surface area contributed by atoms with Crippen LogP contribution in [0.2, 0.25) is 0 Å². The van der Waals surface area contributed by atoms with E-state index in [0.717, 1.165) is 10.9 Å². The topological polar surface area (TPSA) is 84.2 Å². The molecule has 9 heteroatoms. The molecule has 0 saturated heterocycles. The number of nitrogens with one attached hydrogen (secondary N) is 1. The fourth-order valence-electron chi connectivity index (χ4n) is 1.05. The molecule has 94 valence electrons. The molecule has 0 aliphatic carbocycles. The molecule has 0 unspecified atom stereocenters. The number of carboxylic acids is 1. The summed E-state index contributed by atoms with van der Waals surface area (Å²) in [6, 6.07) is 0. The molecule has 0 spiro atoms. The minimum atomic E-state index is -5.00. The van der Waals surface area contributed by atoms with Crippen LogP contribution in [0.1, 0.15) is 5.69 Å². The third kappa shape index (κ3) is 3.47. The lowest BCUT2D eigenvalue weighted by Crippen LogP contribution is -2.30. The van der Waals surface area contributed by atoms with E-state index >= 15 is 0 Å². The van der Waals surface area contributed by atoms with Crippen LogP contribution in [0.15, 0.2) is 6.20 Å². The number of nitrogens with zero attached hydrogens (tertiary/aromatic N) is 2. The number of carboxylic acid groups (broad SMARTS) is 1. The van der Waals surface area contributed by atoms with Crippen LogP contribution < -0.4 is 5.32 Å². The first-order valence-electron chi connectivity index (χ1n) is 4.34. The molecule has 0 saturated carbocycles. The molecule has 1 aromatic heterocycles. The Hall–Kier alpha value is -2.06. The highest BCUT2D eigenvalue weighted by Gasteiger charge is 2.39. The van der Waals surface area contributed by atoms with E-state index in [0.29, 0.717) is 0 Å². The summed E-state index contributed by atoms with van der Waals surface area (Å²) in [6.45, 7) is 0.854. The third-order valence-electron chi connectivity index (χ3n) is 1.75. The predicted molar refractivity (Wildman–Crippen MR) is 49.3 cm³/mol. The Morgan fingerprint density at radius 1 is 1.53 bits per heavy atom. The van der Waals surface area contributed by atoms with Gasteiger partial charge in [-0.15, -0.1) is 0 Å². The summed E-state index contributed by atoms with van der Waals surface area (Å²) in [5, 5.41) is 13.7. The predicted octanol–water partition coefficient (Wildman–Crippen LogP) is 0.777. The average Bonchev–Trinajstić information content (AvgIpc) is 2.43. The van der Waals surface area contributed by atoms with Crippen molar-refractivity contribution in [1.29, 1.82) is 0 Å². The second-order valence-electron chi connectivity index (χ2n) is 3.17. The molecule has 0 radical (unpaired) electrons. The molecule has 2 N–H and O–H groups in total. The Kier molecular flexibility index (Phi) is 3.39. The third-order valence-corrected chi connectivity index (χ3v) is 1.75. The molecule has 17 heavy (non-hydrogen) atoms. The summed E-state index contributed by atoms with van der Waals surface area (Å²) < 4.78 is 36.8. The van der Waals surface area contributed by atoms with Gasteiger partial charge in [-0.05, 0) is 6.92 Å². The van der Waals surface area contributed by atoms with Gasteiger partial charge in [-0.2, -0.15) is 18.3 Å². The smallest absolute Gasteiger partial charge is 0.471 e. The van der Waals surface area contributed by atoms with E-state index in [4.69, 9.17) is 5.11 Å². The molecule has 0 fully saturated rings. The minimum absolute atomic E-state index is 0.101. The van der Waals surface area contributed by atoms with Crippen molar-refractivity contribution in [3.63, 3.8) is 0 Å². The Morgan fingerprint density at radius 3 is 2.59 bits per heavy atom. The van der Waals surface area contributed by atoms with Crippen molar-refractivity contribution >= 4 is 17.6 Å². The molecule has 1 amide bonds. The zero-order valence-electron chi connectivity index (χ0n) is 8.58. The number of aliphatic carboxylic acids is 1. The fourth-order valence-corrected chi connectivity index (χ4v) is 1.05. The average molecular weight is 251 g/mol. The van der Waals surface area contributed by atoms with Gasteiger partial charge in [-0.3, -0.25) is 14.3 Å². The Morgan fingerprint density at radius 2 is 2.12 bits per heavy atom. The summed E-state index contributed by atoms with van der Waals surface area (Å²) in [5.74, 6) is -3.32. The number of alkyl halides is 3. The molecule has 0 aliphatic heterocycles. The second kappa shape index (κ2) is 4.44. The number of carbonyl (C=O) groups is 2. The summed E-state index contributed by atoms with van der Waals surface area (Å²) in [4.78, 5) is 21.0. The highest BCUT2D eigenvalue weighted by Crippen LogP contribution is 2.19. The van der Waals surface area contributed by atoms with Crippen LogP contribution in [0.3, 0.4) is 0 Å². The van der Waals surface area contributed by atoms with E-state index in [1.165, 1.54) is 6.92 Å². The number of aromatic nitrogens is 2. The van der Waals surface area contributed by atoms with Gasteiger partial charge in [0, 0.05) is 6.20 Å². The van der Waals surface area contributed by atoms with Crippen molar-refractivity contribution in [2.45, 2.75) is 19.6 Å². The number of anilines is 1. The Labute approximate surface area is 93.0 Å². The van der Waals surface area contributed by atoms with E-state index in [1.54, 1.807) is 5.32 Å². The van der Waals surface area contributed by atoms with Gasteiger partial charge >= 0.3 is 18.1 Å². The van der Waals surface area contributed by atoms with E-state index in [-0.39, 0.29) is 11.4 Å². The maximum absolute atomic E-state index is 12.0. The van der Waals surface area contributed by atoms with Gasteiger partial charge < -0.3 is 10.4 Å². The zero-order chi connectivity index (χ0) is 13.2. The lowest BCUT2D eigenvalue weighted by Gasteiger charge is -2.05. The van der Waals surface area contributed by atoms with Crippen LogP contribution in [0.4, 0.5) is 18.9 Å². The molecule has 1 rings (SSSR count). The molecule has 1 aromatic rings. The van der Waals surface area contributed by atoms with Crippen molar-refractivity contribution in [1.82, 2.24) is 9.78 Å². The maximum Gasteiger partial charge on any atom is 0.471 e. The van der Waals surface area contributed by atoms with Crippen LogP contribution in [0.5, 0.6) is 0 Å². The summed E-state index contributed by atoms with van der Waals surface area (Å²) in [5.41, 5.74) is -0.0718. The fraction of sp³-hybridized carbons (Fsp3) is 0.375. The lowest BCUT2D eigenvalue weighted by molar-refractivity contribution is -0.167. The van der Waals surface area contributed by atoms with Gasteiger partial charge in [-0.25, -0.2) is 0 Å². The number of halogens is 3. The standard InChI is InChI=1S/C8H8F3N3O3/c1-4-5(12-7(17)8(9,10)11)2-14(13-4)3-6(15)16/h2H,3H2,1H3,(H,12,17)(H,15,16). The molecule has 0 atom stereocenters. The molecule has 1 heterocycles. The molecular formula is C8H8F3N3O3. The first-order valence-corrected chi connectivity index (χ1v) is 4.34. The molecule has 0 aromatic carbocycles. The van der Waals surface area contributed by atoms with E-state index in [1.807, 2.05) is 0 Å². The van der Waals surface area contributed by atoms with E-state index < -0.39 is 24.6 Å². The quantitative estimate of drug-likeness (QED) is 0.831. The van der Waals surface area contributed by atoms with Gasteiger partial charge in [0.2, 0.25) is 0 Å². The van der Waals surface area contributed by atoms with Crippen molar-refractivity contribution in [3.8, 4) is 0 Å². The summed E-state index contributed by atoms with van der Waals surface area (Å²) >= 11 is 0. The number of hydrogen-bond acceptors (Lipinski definition) is 3. The van der Waals surface area contributed by atoms with Crippen molar-refractivity contribution in [2.24, 2.45) is 0 Å². The van der Waals surface area contributed by atoms with Gasteiger partial charge in [0.15, 0.2) is 0 Å². The van der Waals surface area contributed by atoms with Crippen LogP contribution >= 0.6 is 0 Å². The van der Waals surface area contributed by atoms with Crippen LogP contribution in [0.25, 0.3) is 0 Å². The van der Waals surface area contributed by atoms with Gasteiger partial charge in [-0.1, -0.05) is 0 Å². The van der Waals surface area contributed by atoms with Crippen LogP contribution in [-0.2, 0) is 16.1 Å². The van der Waals surface area contributed by atoms with Crippen LogP contribution in [-0.4, -0.2) is 32.9 Å². The van der Waals surface area contributed by atoms with Gasteiger partial charge in [0.1, 0.15) is 6.54 Å². The SMILES string of the molecule is Cc1nn(CC(=O)O)cc1NC(=O)C(F)(F)F. The normalized spacial score (nSPS) is 11.3. The van der Waals surface area contributed by atoms with Crippen LogP contribution in [0, 0.1) is 6.92 Å². The summed E-state index contributed by atoms with van der Waals surface area (Å²) in [7, 11) is 0. The van der Waals surface area contributed by atoms with Gasteiger partial charge in [0.05, 0.1) is 11.4 Å². The highest BCUT2D eigenvalue weighted by molar-refractivity contribution is 5.95. The highest BCUT2D eigenvalue weighted by atomic mass is 19.4. The number of carbonyl (C=O) groups excluding carboxylic acids is 1. The van der Waals surface area contributed by atoms with Gasteiger partial charge in [0.25, 0.3) is 0 Å². The number of amides is 1. The summed E-state index contributed by atoms with van der Waals surface area (Å²) in [6.07, 6.45) is -3.98. The first-order chi connectivity index (χ1) is 7.70. The second-order valence-corrected chi connectivity index (χ2v) is 3.17. The Balaban J connectivity index is 2.82. The molecule has 0 bridgehead atoms. The Bertz CT molecular complexity index is 453. The number of aryl methyl sites for hydroxylation is 1. The molecule has 6 nitrogen and oxygen atoms in total. The first kappa shape index (κ1) is 13.0. The minimum Gasteiger partial charge on any atom is -0.480 e. The molecular weight excluding hydrogens is 243 g/mol. The van der Waals surface area contributed by atoms with Crippen molar-refractivity contribution in [3.05, 3.63) is 11.9 Å². The number of hydrogen-bond donors (Lipinski definition) is 2. The van der Waals surface area contributed by atoms with E-state index in [9.17, 15) is 22.8 Å². The largest absolute Gasteiger partial charge is 0.480 e. The van der Waals surface area contributed by atoms with E-state index in [2.05, 4.69) is 5.10 Å². The number of rotatable bonds is 3. The van der Waals surface area contributed by atoms with Crippen molar-refractivity contribution < 1.29 is 27.9 Å². The van der Waals surface area contributed by atoms with Crippen molar-refractivity contribution in [2.75, 3.05) is 5.32 Å². The zero-order valence-corrected chi connectivity index (χ0v) is 8.58. The monoisotopic (exact) mass is 251 g/mol. The lowest BCUT2D eigenvalue weighted by atomic mass is 10.4.